The number of anilines is 1. The van der Waals surface area contributed by atoms with Crippen molar-refractivity contribution in [3.05, 3.63) is 76.8 Å². The van der Waals surface area contributed by atoms with Crippen LogP contribution in [0.25, 0.3) is 10.8 Å². The molecule has 0 fully saturated rings. The summed E-state index contributed by atoms with van der Waals surface area (Å²) in [4.78, 5) is 41.7. The van der Waals surface area contributed by atoms with Crippen molar-refractivity contribution in [3.8, 4) is 0 Å². The van der Waals surface area contributed by atoms with Crippen molar-refractivity contribution in [2.24, 2.45) is 0 Å². The Balaban J connectivity index is 1.65. The lowest BCUT2D eigenvalue weighted by Crippen LogP contribution is -2.50. The van der Waals surface area contributed by atoms with Crippen molar-refractivity contribution in [3.63, 3.8) is 0 Å². The van der Waals surface area contributed by atoms with Gasteiger partial charge in [-0.2, -0.15) is 0 Å². The molecule has 0 bridgehead atoms. The van der Waals surface area contributed by atoms with Gasteiger partial charge in [0.2, 0.25) is 11.8 Å². The van der Waals surface area contributed by atoms with Gasteiger partial charge in [0.25, 0.3) is 5.91 Å². The molecule has 0 aromatic heterocycles. The number of amides is 3. The molecule has 6 nitrogen and oxygen atoms in total. The van der Waals surface area contributed by atoms with Gasteiger partial charge in [0.05, 0.1) is 5.69 Å². The fourth-order valence-corrected chi connectivity index (χ4v) is 4.16. The number of rotatable bonds is 6. The van der Waals surface area contributed by atoms with Crippen LogP contribution in [0.5, 0.6) is 0 Å². The van der Waals surface area contributed by atoms with Crippen LogP contribution < -0.4 is 10.2 Å². The van der Waals surface area contributed by atoms with E-state index in [1.54, 1.807) is 25.1 Å². The van der Waals surface area contributed by atoms with Gasteiger partial charge in [-0.1, -0.05) is 54.1 Å². The molecule has 0 radical (unpaired) electrons. The molecule has 0 unspecified atom stereocenters. The van der Waals surface area contributed by atoms with E-state index in [0.29, 0.717) is 16.3 Å². The third-order valence-corrected chi connectivity index (χ3v) is 6.02. The van der Waals surface area contributed by atoms with Crippen LogP contribution in [0, 0.1) is 0 Å². The second kappa shape index (κ2) is 8.40. The van der Waals surface area contributed by atoms with E-state index in [1.165, 1.54) is 16.8 Å². The molecule has 7 heteroatoms. The molecule has 1 atom stereocenters. The first kappa shape index (κ1) is 20.9. The van der Waals surface area contributed by atoms with Crippen molar-refractivity contribution >= 4 is 45.8 Å². The second-order valence-electron chi connectivity index (χ2n) is 7.48. The molecule has 31 heavy (non-hydrogen) atoms. The van der Waals surface area contributed by atoms with E-state index in [1.807, 2.05) is 42.5 Å². The summed E-state index contributed by atoms with van der Waals surface area (Å²) < 4.78 is 0. The van der Waals surface area contributed by atoms with Gasteiger partial charge in [-0.3, -0.25) is 19.3 Å². The maximum Gasteiger partial charge on any atom is 0.259 e. The van der Waals surface area contributed by atoms with Gasteiger partial charge in [0.15, 0.2) is 0 Å². The Morgan fingerprint density at radius 2 is 1.77 bits per heavy atom. The summed E-state index contributed by atoms with van der Waals surface area (Å²) in [5.41, 5.74) is 2.01. The monoisotopic (exact) mass is 435 g/mol. The third-order valence-electron chi connectivity index (χ3n) is 5.65. The molecule has 0 aliphatic carbocycles. The van der Waals surface area contributed by atoms with E-state index in [2.05, 4.69) is 5.32 Å². The van der Waals surface area contributed by atoms with Crippen LogP contribution in [-0.4, -0.2) is 42.3 Å². The van der Waals surface area contributed by atoms with Crippen molar-refractivity contribution in [2.75, 3.05) is 18.5 Å². The Labute approximate surface area is 185 Å². The number of hydrogen-bond donors (Lipinski definition) is 1. The summed E-state index contributed by atoms with van der Waals surface area (Å²) in [5, 5.41) is 4.90. The topological polar surface area (TPSA) is 69.7 Å². The molecule has 1 N–H and O–H groups in total. The lowest BCUT2D eigenvalue weighted by Gasteiger charge is -2.30. The number of benzene rings is 3. The summed E-state index contributed by atoms with van der Waals surface area (Å²) in [7, 11) is 1.53. The summed E-state index contributed by atoms with van der Waals surface area (Å²) in [6, 6.07) is 17.7. The highest BCUT2D eigenvalue weighted by molar-refractivity contribution is 6.31. The number of hydrogen-bond acceptors (Lipinski definition) is 3. The van der Waals surface area contributed by atoms with Gasteiger partial charge in [-0.05, 0) is 36.1 Å². The molecule has 1 heterocycles. The summed E-state index contributed by atoms with van der Waals surface area (Å²) in [6.45, 7) is 1.65. The average molecular weight is 436 g/mol. The Bertz CT molecular complexity index is 1190. The van der Waals surface area contributed by atoms with Gasteiger partial charge in [-0.25, -0.2) is 0 Å². The van der Waals surface area contributed by atoms with E-state index >= 15 is 0 Å². The zero-order chi connectivity index (χ0) is 22.1. The van der Waals surface area contributed by atoms with E-state index in [0.717, 1.165) is 16.3 Å². The molecular weight excluding hydrogens is 414 g/mol. The number of likely N-dealkylation sites (N-methyl/N-ethyl adjacent to an activating group) is 1. The number of halogens is 1. The van der Waals surface area contributed by atoms with E-state index in [4.69, 9.17) is 11.6 Å². The Morgan fingerprint density at radius 1 is 1.06 bits per heavy atom. The van der Waals surface area contributed by atoms with E-state index < -0.39 is 6.04 Å². The molecular formula is C24H22ClN3O3. The zero-order valence-corrected chi connectivity index (χ0v) is 18.0. The van der Waals surface area contributed by atoms with Crippen molar-refractivity contribution in [1.29, 1.82) is 0 Å². The quantitative estimate of drug-likeness (QED) is 0.643. The van der Waals surface area contributed by atoms with E-state index in [-0.39, 0.29) is 30.8 Å². The van der Waals surface area contributed by atoms with Crippen LogP contribution in [0.15, 0.2) is 60.7 Å². The molecule has 0 saturated heterocycles. The summed E-state index contributed by atoms with van der Waals surface area (Å²) in [5.74, 6) is -0.849. The highest BCUT2D eigenvalue weighted by atomic mass is 35.5. The van der Waals surface area contributed by atoms with E-state index in [9.17, 15) is 14.4 Å². The van der Waals surface area contributed by atoms with Gasteiger partial charge in [0.1, 0.15) is 12.6 Å². The third kappa shape index (κ3) is 3.75. The Hall–Kier alpha value is -3.38. The van der Waals surface area contributed by atoms with Gasteiger partial charge in [0, 0.05) is 29.6 Å². The van der Waals surface area contributed by atoms with Gasteiger partial charge < -0.3 is 10.2 Å². The predicted octanol–water partition coefficient (Wildman–Crippen LogP) is 3.62. The molecule has 3 amide bonds. The zero-order valence-electron chi connectivity index (χ0n) is 17.3. The van der Waals surface area contributed by atoms with Crippen LogP contribution in [0.4, 0.5) is 5.69 Å². The van der Waals surface area contributed by atoms with Gasteiger partial charge >= 0.3 is 0 Å². The van der Waals surface area contributed by atoms with Crippen molar-refractivity contribution in [1.82, 2.24) is 10.2 Å². The number of nitrogens with one attached hydrogen (secondary N) is 1. The minimum Gasteiger partial charge on any atom is -0.357 e. The van der Waals surface area contributed by atoms with Crippen LogP contribution in [0.3, 0.4) is 0 Å². The van der Waals surface area contributed by atoms with Gasteiger partial charge in [-0.15, -0.1) is 0 Å². The predicted molar refractivity (Wildman–Crippen MR) is 121 cm³/mol. The smallest absolute Gasteiger partial charge is 0.259 e. The highest BCUT2D eigenvalue weighted by Crippen LogP contribution is 2.37. The first-order valence-electron chi connectivity index (χ1n) is 10.0. The standard InChI is InChI=1S/C24H22ClN3O3/c1-15(23(30)26-2)27(13-17-7-3-4-11-19(17)25)21(29)14-28-20-12-6-9-16-8-5-10-18(22(16)20)24(28)31/h3-12,15H,13-14H2,1-2H3,(H,26,30)/t15-/m0/s1. The maximum atomic E-state index is 13.4. The van der Waals surface area contributed by atoms with Crippen LogP contribution in [0.2, 0.25) is 5.02 Å². The average Bonchev–Trinajstić information content (AvgIpc) is 3.05. The fraction of sp³-hybridized carbons (Fsp3) is 0.208. The highest BCUT2D eigenvalue weighted by Gasteiger charge is 2.34. The van der Waals surface area contributed by atoms with Crippen LogP contribution >= 0.6 is 11.6 Å². The molecule has 1 aliphatic heterocycles. The Morgan fingerprint density at radius 3 is 2.48 bits per heavy atom. The van der Waals surface area contributed by atoms with Crippen LogP contribution in [0.1, 0.15) is 22.8 Å². The first-order chi connectivity index (χ1) is 14.9. The molecule has 1 aliphatic rings. The minimum absolute atomic E-state index is 0.159. The lowest BCUT2D eigenvalue weighted by atomic mass is 10.1. The molecule has 3 aromatic carbocycles. The normalized spacial score (nSPS) is 13.4. The van der Waals surface area contributed by atoms with Crippen molar-refractivity contribution < 1.29 is 14.4 Å². The van der Waals surface area contributed by atoms with Crippen molar-refractivity contribution in [2.45, 2.75) is 19.5 Å². The second-order valence-corrected chi connectivity index (χ2v) is 7.88. The number of nitrogens with zero attached hydrogens (tertiary/aromatic N) is 2. The molecule has 0 spiro atoms. The number of carbonyl (C=O) groups excluding carboxylic acids is 3. The minimum atomic E-state index is -0.732. The maximum absolute atomic E-state index is 13.4. The Kier molecular flexibility index (Phi) is 5.65. The molecule has 158 valence electrons. The number of carbonyl (C=O) groups is 3. The fourth-order valence-electron chi connectivity index (χ4n) is 3.96. The molecule has 3 aromatic rings. The summed E-state index contributed by atoms with van der Waals surface area (Å²) in [6.07, 6.45) is 0. The largest absolute Gasteiger partial charge is 0.357 e. The molecule has 4 rings (SSSR count). The lowest BCUT2D eigenvalue weighted by molar-refractivity contribution is -0.139. The SMILES string of the molecule is CNC(=O)[C@H](C)N(Cc1ccccc1Cl)C(=O)CN1C(=O)c2cccc3cccc1c23. The summed E-state index contributed by atoms with van der Waals surface area (Å²) >= 11 is 6.30. The van der Waals surface area contributed by atoms with Crippen LogP contribution in [-0.2, 0) is 16.1 Å². The molecule has 0 saturated carbocycles. The first-order valence-corrected chi connectivity index (χ1v) is 10.4.